The highest BCUT2D eigenvalue weighted by Gasteiger charge is 2.14. The lowest BCUT2D eigenvalue weighted by atomic mass is 10.1. The zero-order valence-electron chi connectivity index (χ0n) is 8.22. The van der Waals surface area contributed by atoms with Crippen molar-refractivity contribution in [1.29, 1.82) is 5.41 Å². The lowest BCUT2D eigenvalue weighted by Crippen LogP contribution is -2.09. The molecule has 0 aromatic rings. The van der Waals surface area contributed by atoms with E-state index in [2.05, 4.69) is 0 Å². The molecule has 1 rings (SSSR count). The van der Waals surface area contributed by atoms with Crippen molar-refractivity contribution in [2.75, 3.05) is 11.5 Å². The fraction of sp³-hybridized carbons (Fsp3) is 0.900. The molecule has 1 aliphatic rings. The molecule has 1 aliphatic carbocycles. The van der Waals surface area contributed by atoms with E-state index in [9.17, 15) is 0 Å². The fourth-order valence-electron chi connectivity index (χ4n) is 1.79. The Labute approximate surface area is 85.2 Å². The molecule has 0 spiro atoms. The van der Waals surface area contributed by atoms with E-state index in [1.165, 1.54) is 37.2 Å². The minimum atomic E-state index is 0.335. The Morgan fingerprint density at radius 1 is 1.38 bits per heavy atom. The van der Waals surface area contributed by atoms with E-state index >= 15 is 0 Å². The first-order valence-electron chi connectivity index (χ1n) is 5.19. The molecule has 0 aromatic carbocycles. The maximum absolute atomic E-state index is 7.07. The molecule has 3 heteroatoms. The molecule has 0 aromatic heterocycles. The monoisotopic (exact) mass is 200 g/mol. The van der Waals surface area contributed by atoms with Gasteiger partial charge in [-0.1, -0.05) is 12.8 Å². The summed E-state index contributed by atoms with van der Waals surface area (Å²) in [6, 6.07) is 0. The quantitative estimate of drug-likeness (QED) is 0.393. The highest BCUT2D eigenvalue weighted by Crippen LogP contribution is 2.27. The third-order valence-electron chi connectivity index (χ3n) is 2.56. The first-order valence-corrected chi connectivity index (χ1v) is 6.35. The van der Waals surface area contributed by atoms with Crippen LogP contribution < -0.4 is 5.73 Å². The van der Waals surface area contributed by atoms with Gasteiger partial charge in [-0.25, -0.2) is 0 Å². The SMILES string of the molecule is N=C(N)CCCSCC1CCCC1. The Bertz CT molecular complexity index is 153. The fourth-order valence-corrected chi connectivity index (χ4v) is 2.97. The lowest BCUT2D eigenvalue weighted by molar-refractivity contribution is 0.623. The number of amidine groups is 1. The van der Waals surface area contributed by atoms with E-state index in [1.807, 2.05) is 11.8 Å². The van der Waals surface area contributed by atoms with Gasteiger partial charge in [0, 0.05) is 6.42 Å². The summed E-state index contributed by atoms with van der Waals surface area (Å²) in [6.07, 6.45) is 7.63. The standard InChI is InChI=1S/C10H20N2S/c11-10(12)6-3-7-13-8-9-4-1-2-5-9/h9H,1-8H2,(H3,11,12). The van der Waals surface area contributed by atoms with Crippen LogP contribution in [0.15, 0.2) is 0 Å². The first kappa shape index (κ1) is 10.9. The number of rotatable bonds is 6. The summed E-state index contributed by atoms with van der Waals surface area (Å²) in [5.74, 6) is 3.83. The summed E-state index contributed by atoms with van der Waals surface area (Å²) in [7, 11) is 0. The van der Waals surface area contributed by atoms with Gasteiger partial charge in [0.1, 0.15) is 0 Å². The van der Waals surface area contributed by atoms with Crippen LogP contribution in [0.5, 0.6) is 0 Å². The van der Waals surface area contributed by atoms with Gasteiger partial charge in [0.25, 0.3) is 0 Å². The van der Waals surface area contributed by atoms with Crippen molar-refractivity contribution in [3.63, 3.8) is 0 Å². The molecule has 0 bridgehead atoms. The van der Waals surface area contributed by atoms with Crippen molar-refractivity contribution in [3.8, 4) is 0 Å². The predicted octanol–water partition coefficient (Wildman–Crippen LogP) is 2.63. The molecule has 0 aliphatic heterocycles. The molecule has 1 saturated carbocycles. The average molecular weight is 200 g/mol. The van der Waals surface area contributed by atoms with Crippen molar-refractivity contribution in [3.05, 3.63) is 0 Å². The van der Waals surface area contributed by atoms with E-state index in [4.69, 9.17) is 11.1 Å². The van der Waals surface area contributed by atoms with Gasteiger partial charge in [0.2, 0.25) is 0 Å². The molecule has 0 radical (unpaired) electrons. The zero-order valence-corrected chi connectivity index (χ0v) is 9.04. The molecule has 3 N–H and O–H groups in total. The predicted molar refractivity (Wildman–Crippen MR) is 60.4 cm³/mol. The lowest BCUT2D eigenvalue weighted by Gasteiger charge is -2.07. The Morgan fingerprint density at radius 2 is 2.08 bits per heavy atom. The Morgan fingerprint density at radius 3 is 2.69 bits per heavy atom. The summed E-state index contributed by atoms with van der Waals surface area (Å²) in [4.78, 5) is 0. The third-order valence-corrected chi connectivity index (χ3v) is 3.85. The highest BCUT2D eigenvalue weighted by molar-refractivity contribution is 7.99. The number of nitrogens with one attached hydrogen (secondary N) is 1. The topological polar surface area (TPSA) is 49.9 Å². The van der Waals surface area contributed by atoms with Gasteiger partial charge in [-0.05, 0) is 36.7 Å². The van der Waals surface area contributed by atoms with Crippen LogP contribution in [0.25, 0.3) is 0 Å². The van der Waals surface area contributed by atoms with Gasteiger partial charge >= 0.3 is 0 Å². The molecule has 2 nitrogen and oxygen atoms in total. The summed E-state index contributed by atoms with van der Waals surface area (Å²) >= 11 is 2.04. The molecular formula is C10H20N2S. The zero-order chi connectivity index (χ0) is 9.52. The van der Waals surface area contributed by atoms with Crippen molar-refractivity contribution >= 4 is 17.6 Å². The van der Waals surface area contributed by atoms with Crippen LogP contribution in [0.1, 0.15) is 38.5 Å². The van der Waals surface area contributed by atoms with Crippen LogP contribution in [0.3, 0.4) is 0 Å². The van der Waals surface area contributed by atoms with Crippen molar-refractivity contribution < 1.29 is 0 Å². The van der Waals surface area contributed by atoms with E-state index in [0.29, 0.717) is 5.84 Å². The first-order chi connectivity index (χ1) is 6.29. The van der Waals surface area contributed by atoms with E-state index in [0.717, 1.165) is 18.8 Å². The van der Waals surface area contributed by atoms with Gasteiger partial charge < -0.3 is 5.73 Å². The number of hydrogen-bond acceptors (Lipinski definition) is 2. The van der Waals surface area contributed by atoms with Crippen LogP contribution in [-0.2, 0) is 0 Å². The summed E-state index contributed by atoms with van der Waals surface area (Å²) in [5.41, 5.74) is 5.27. The molecule has 0 atom stereocenters. The maximum atomic E-state index is 7.07. The van der Waals surface area contributed by atoms with Crippen LogP contribution in [0.4, 0.5) is 0 Å². The minimum Gasteiger partial charge on any atom is -0.388 e. The van der Waals surface area contributed by atoms with Crippen molar-refractivity contribution in [2.24, 2.45) is 11.7 Å². The van der Waals surface area contributed by atoms with E-state index in [-0.39, 0.29) is 0 Å². The second kappa shape index (κ2) is 6.30. The largest absolute Gasteiger partial charge is 0.388 e. The summed E-state index contributed by atoms with van der Waals surface area (Å²) in [6.45, 7) is 0. The average Bonchev–Trinajstić information content (AvgIpc) is 2.55. The summed E-state index contributed by atoms with van der Waals surface area (Å²) in [5, 5.41) is 7.07. The van der Waals surface area contributed by atoms with E-state index < -0.39 is 0 Å². The minimum absolute atomic E-state index is 0.335. The Hall–Kier alpha value is -0.180. The van der Waals surface area contributed by atoms with Gasteiger partial charge in [0.05, 0.1) is 5.84 Å². The molecule has 76 valence electrons. The summed E-state index contributed by atoms with van der Waals surface area (Å²) < 4.78 is 0. The van der Waals surface area contributed by atoms with Crippen LogP contribution in [-0.4, -0.2) is 17.3 Å². The van der Waals surface area contributed by atoms with Gasteiger partial charge in [-0.3, -0.25) is 5.41 Å². The smallest absolute Gasteiger partial charge is 0.0905 e. The molecule has 1 fully saturated rings. The number of thioether (sulfide) groups is 1. The number of nitrogens with two attached hydrogens (primary N) is 1. The maximum Gasteiger partial charge on any atom is 0.0905 e. The molecule has 0 amide bonds. The molecule has 0 heterocycles. The second-order valence-electron chi connectivity index (χ2n) is 3.85. The second-order valence-corrected chi connectivity index (χ2v) is 5.00. The third kappa shape index (κ3) is 5.19. The van der Waals surface area contributed by atoms with Crippen molar-refractivity contribution in [1.82, 2.24) is 0 Å². The van der Waals surface area contributed by atoms with Gasteiger partial charge in [-0.15, -0.1) is 0 Å². The van der Waals surface area contributed by atoms with Crippen molar-refractivity contribution in [2.45, 2.75) is 38.5 Å². The van der Waals surface area contributed by atoms with E-state index in [1.54, 1.807) is 0 Å². The molecule has 13 heavy (non-hydrogen) atoms. The normalized spacial score (nSPS) is 17.8. The van der Waals surface area contributed by atoms with Gasteiger partial charge in [0.15, 0.2) is 0 Å². The molecular weight excluding hydrogens is 180 g/mol. The molecule has 0 saturated heterocycles. The van der Waals surface area contributed by atoms with Crippen LogP contribution in [0.2, 0.25) is 0 Å². The highest BCUT2D eigenvalue weighted by atomic mass is 32.2. The number of hydrogen-bond donors (Lipinski definition) is 2. The van der Waals surface area contributed by atoms with Crippen LogP contribution >= 0.6 is 11.8 Å². The van der Waals surface area contributed by atoms with Crippen LogP contribution in [0, 0.1) is 11.3 Å². The Kier molecular flexibility index (Phi) is 5.28. The Balaban J connectivity index is 1.86. The molecule has 0 unspecified atom stereocenters. The van der Waals surface area contributed by atoms with Gasteiger partial charge in [-0.2, -0.15) is 11.8 Å².